The Bertz CT molecular complexity index is 975. The fraction of sp³-hybridized carbons (Fsp3) is 0.400. The second-order valence-electron chi connectivity index (χ2n) is 7.24. The maximum absolute atomic E-state index is 13.6. The van der Waals surface area contributed by atoms with Crippen molar-refractivity contribution in [1.82, 2.24) is 4.72 Å². The van der Waals surface area contributed by atoms with Crippen LogP contribution in [0, 0.1) is 34.6 Å². The van der Waals surface area contributed by atoms with Gasteiger partial charge in [0.15, 0.2) is 0 Å². The summed E-state index contributed by atoms with van der Waals surface area (Å²) in [5.41, 5.74) is 3.46. The normalized spacial score (nSPS) is 13.4. The first-order valence-corrected chi connectivity index (χ1v) is 10.8. The molecule has 0 aliphatic heterocycles. The Morgan fingerprint density at radius 3 is 1.86 bits per heavy atom. The summed E-state index contributed by atoms with van der Waals surface area (Å²) in [4.78, 5) is -0.129. The molecule has 0 aliphatic rings. The van der Waals surface area contributed by atoms with Crippen LogP contribution in [0.3, 0.4) is 0 Å². The van der Waals surface area contributed by atoms with Crippen LogP contribution in [0.4, 0.5) is 18.9 Å². The fourth-order valence-electron chi connectivity index (χ4n) is 3.45. The number of benzene rings is 2. The highest BCUT2D eigenvalue weighted by Gasteiger charge is 2.42. The molecule has 0 fully saturated rings. The number of alkyl halides is 3. The quantitative estimate of drug-likeness (QED) is 0.638. The Balaban J connectivity index is 2.33. The number of nitrogens with one attached hydrogen (secondary N) is 2. The molecule has 0 aromatic heterocycles. The van der Waals surface area contributed by atoms with E-state index in [0.717, 1.165) is 5.56 Å². The van der Waals surface area contributed by atoms with Crippen molar-refractivity contribution in [1.29, 1.82) is 0 Å². The summed E-state index contributed by atoms with van der Waals surface area (Å²) in [6.45, 7) is 7.70. The Morgan fingerprint density at radius 2 is 1.41 bits per heavy atom. The lowest BCUT2D eigenvalue weighted by atomic mass is 10.1. The second-order valence-corrected chi connectivity index (χ2v) is 9.33. The van der Waals surface area contributed by atoms with Gasteiger partial charge in [-0.05, 0) is 69.0 Å². The lowest BCUT2D eigenvalue weighted by Crippen LogP contribution is -2.49. The Hall–Kier alpha value is -1.77. The lowest BCUT2D eigenvalue weighted by molar-refractivity contribution is -0.148. The minimum atomic E-state index is -4.78. The van der Waals surface area contributed by atoms with E-state index >= 15 is 0 Å². The van der Waals surface area contributed by atoms with Gasteiger partial charge in [0.1, 0.15) is 6.04 Å². The fourth-order valence-corrected chi connectivity index (χ4v) is 5.46. The van der Waals surface area contributed by atoms with Crippen molar-refractivity contribution < 1.29 is 21.6 Å². The zero-order chi connectivity index (χ0) is 22.1. The van der Waals surface area contributed by atoms with Gasteiger partial charge in [-0.15, -0.1) is 0 Å². The average molecular weight is 449 g/mol. The molecule has 0 amide bonds. The molecule has 0 aliphatic carbocycles. The molecule has 2 aromatic carbocycles. The van der Waals surface area contributed by atoms with Gasteiger partial charge in [0, 0.05) is 17.3 Å². The van der Waals surface area contributed by atoms with Crippen LogP contribution in [0.1, 0.15) is 27.8 Å². The third-order valence-electron chi connectivity index (χ3n) is 4.55. The summed E-state index contributed by atoms with van der Waals surface area (Å²) in [5, 5.41) is 3.20. The van der Waals surface area contributed by atoms with E-state index in [4.69, 9.17) is 11.6 Å². The minimum Gasteiger partial charge on any atom is -0.383 e. The van der Waals surface area contributed by atoms with Gasteiger partial charge in [-0.2, -0.15) is 17.9 Å². The van der Waals surface area contributed by atoms with Crippen LogP contribution in [0.25, 0.3) is 0 Å². The number of rotatable bonds is 6. The molecule has 0 saturated carbocycles. The first-order chi connectivity index (χ1) is 13.2. The SMILES string of the molecule is Cc1cc(C)c(S(=O)(=O)NC(CNc2c(C)cc(Cl)cc2C)C(F)(F)F)c(C)c1. The largest absolute Gasteiger partial charge is 0.406 e. The summed E-state index contributed by atoms with van der Waals surface area (Å²) in [7, 11) is -4.38. The topological polar surface area (TPSA) is 58.2 Å². The molecule has 1 unspecified atom stereocenters. The van der Waals surface area contributed by atoms with E-state index in [-0.39, 0.29) is 4.90 Å². The Morgan fingerprint density at radius 1 is 0.931 bits per heavy atom. The zero-order valence-corrected chi connectivity index (χ0v) is 18.4. The van der Waals surface area contributed by atoms with Gasteiger partial charge in [0.2, 0.25) is 10.0 Å². The Labute approximate surface area is 174 Å². The predicted molar refractivity (Wildman–Crippen MR) is 110 cm³/mol. The number of halogens is 4. The van der Waals surface area contributed by atoms with Crippen molar-refractivity contribution in [2.75, 3.05) is 11.9 Å². The van der Waals surface area contributed by atoms with Crippen LogP contribution >= 0.6 is 11.6 Å². The van der Waals surface area contributed by atoms with E-state index in [1.165, 1.54) is 0 Å². The molecule has 0 radical (unpaired) electrons. The zero-order valence-electron chi connectivity index (χ0n) is 16.8. The number of sulfonamides is 1. The molecule has 2 N–H and O–H groups in total. The van der Waals surface area contributed by atoms with Crippen molar-refractivity contribution >= 4 is 27.3 Å². The maximum atomic E-state index is 13.6. The van der Waals surface area contributed by atoms with Crippen molar-refractivity contribution in [3.63, 3.8) is 0 Å². The van der Waals surface area contributed by atoms with Gasteiger partial charge in [-0.1, -0.05) is 29.3 Å². The number of hydrogen-bond donors (Lipinski definition) is 2. The first kappa shape index (κ1) is 23.5. The molecular formula is C20H24ClF3N2O2S. The van der Waals surface area contributed by atoms with Crippen molar-refractivity contribution in [3.05, 3.63) is 57.1 Å². The van der Waals surface area contributed by atoms with E-state index in [9.17, 15) is 21.6 Å². The molecule has 0 bridgehead atoms. The van der Waals surface area contributed by atoms with E-state index < -0.39 is 28.8 Å². The third-order valence-corrected chi connectivity index (χ3v) is 6.54. The molecular weight excluding hydrogens is 425 g/mol. The molecule has 160 valence electrons. The van der Waals surface area contributed by atoms with Crippen LogP contribution in [0.2, 0.25) is 5.02 Å². The molecule has 4 nitrogen and oxygen atoms in total. The monoisotopic (exact) mass is 448 g/mol. The molecule has 29 heavy (non-hydrogen) atoms. The summed E-state index contributed by atoms with van der Waals surface area (Å²) in [5.74, 6) is 0. The number of aryl methyl sites for hydroxylation is 5. The van der Waals surface area contributed by atoms with Gasteiger partial charge < -0.3 is 5.32 Å². The van der Waals surface area contributed by atoms with Gasteiger partial charge in [-0.3, -0.25) is 0 Å². The van der Waals surface area contributed by atoms with Gasteiger partial charge >= 0.3 is 6.18 Å². The van der Waals surface area contributed by atoms with Crippen molar-refractivity contribution in [2.24, 2.45) is 0 Å². The van der Waals surface area contributed by atoms with Crippen LogP contribution in [0.5, 0.6) is 0 Å². The van der Waals surface area contributed by atoms with E-state index in [0.29, 0.717) is 33.0 Å². The summed E-state index contributed by atoms with van der Waals surface area (Å²) in [6.07, 6.45) is -4.78. The molecule has 9 heteroatoms. The number of hydrogen-bond acceptors (Lipinski definition) is 3. The summed E-state index contributed by atoms with van der Waals surface area (Å²) < 4.78 is 68.2. The Kier molecular flexibility index (Phi) is 6.92. The highest BCUT2D eigenvalue weighted by molar-refractivity contribution is 7.89. The van der Waals surface area contributed by atoms with Gasteiger partial charge in [0.25, 0.3) is 0 Å². The summed E-state index contributed by atoms with van der Waals surface area (Å²) in [6, 6.07) is 4.21. The van der Waals surface area contributed by atoms with Crippen LogP contribution in [-0.4, -0.2) is 27.2 Å². The average Bonchev–Trinajstić information content (AvgIpc) is 2.50. The van der Waals surface area contributed by atoms with E-state index in [1.54, 1.807) is 58.9 Å². The van der Waals surface area contributed by atoms with Gasteiger partial charge in [-0.25, -0.2) is 8.42 Å². The van der Waals surface area contributed by atoms with Crippen LogP contribution in [-0.2, 0) is 10.0 Å². The molecule has 2 rings (SSSR count). The van der Waals surface area contributed by atoms with E-state index in [1.807, 2.05) is 4.72 Å². The third kappa shape index (κ3) is 5.65. The van der Waals surface area contributed by atoms with Crippen LogP contribution < -0.4 is 10.0 Å². The number of anilines is 1. The lowest BCUT2D eigenvalue weighted by Gasteiger charge is -2.24. The van der Waals surface area contributed by atoms with Crippen LogP contribution in [0.15, 0.2) is 29.2 Å². The first-order valence-electron chi connectivity index (χ1n) is 8.90. The summed E-state index contributed by atoms with van der Waals surface area (Å²) >= 11 is 5.95. The molecule has 0 saturated heterocycles. The smallest absolute Gasteiger partial charge is 0.383 e. The minimum absolute atomic E-state index is 0.129. The molecule has 0 spiro atoms. The molecule has 1 atom stereocenters. The standard InChI is InChI=1S/C20H24ClF3N2O2S/c1-11-6-14(4)19(15(5)7-11)29(27,28)26-17(20(22,23)24)10-25-18-12(2)8-16(21)9-13(18)3/h6-9,17,25-26H,10H2,1-5H3. The van der Waals surface area contributed by atoms with E-state index in [2.05, 4.69) is 5.32 Å². The van der Waals surface area contributed by atoms with Gasteiger partial charge in [0.05, 0.1) is 4.90 Å². The highest BCUT2D eigenvalue weighted by atomic mass is 35.5. The maximum Gasteiger partial charge on any atom is 0.406 e. The predicted octanol–water partition coefficient (Wildman–Crippen LogP) is 5.20. The highest BCUT2D eigenvalue weighted by Crippen LogP contribution is 2.28. The molecule has 2 aromatic rings. The van der Waals surface area contributed by atoms with Crippen molar-refractivity contribution in [2.45, 2.75) is 51.7 Å². The second kappa shape index (κ2) is 8.53. The van der Waals surface area contributed by atoms with Crippen molar-refractivity contribution in [3.8, 4) is 0 Å². The molecule has 0 heterocycles.